The Labute approximate surface area is 141 Å². The number of ether oxygens (including phenoxy) is 1. The Balaban J connectivity index is 2.02. The molecule has 0 aromatic heterocycles. The van der Waals surface area contributed by atoms with Gasteiger partial charge < -0.3 is 10.1 Å². The summed E-state index contributed by atoms with van der Waals surface area (Å²) in [6.45, 7) is 6.75. The number of nitrogens with zero attached hydrogens (tertiary/aromatic N) is 1. The molecule has 1 aliphatic rings. The molecule has 1 saturated heterocycles. The van der Waals surface area contributed by atoms with Crippen LogP contribution in [0.4, 0.5) is 10.5 Å². The van der Waals surface area contributed by atoms with E-state index in [4.69, 9.17) is 16.3 Å². The summed E-state index contributed by atoms with van der Waals surface area (Å²) in [5, 5.41) is 3.43. The number of nitrogens with one attached hydrogen (secondary N) is 1. The standard InChI is InChI=1S/C17H23ClN2O3/c1-11(2)10-23-17(22)20-8-4-5-15(20)16(21)19-14-9-13(18)7-6-12(14)3/h6-7,9,11,15H,4-5,8,10H2,1-3H3,(H,19,21)/t15-/m1/s1. The van der Waals surface area contributed by atoms with Crippen LogP contribution in [0.1, 0.15) is 32.3 Å². The van der Waals surface area contributed by atoms with E-state index < -0.39 is 12.1 Å². The van der Waals surface area contributed by atoms with Gasteiger partial charge in [-0.05, 0) is 43.4 Å². The molecule has 0 radical (unpaired) electrons. The monoisotopic (exact) mass is 338 g/mol. The van der Waals surface area contributed by atoms with Crippen molar-refractivity contribution in [3.63, 3.8) is 0 Å². The van der Waals surface area contributed by atoms with Gasteiger partial charge in [-0.2, -0.15) is 0 Å². The molecular formula is C17H23ClN2O3. The number of halogens is 1. The maximum Gasteiger partial charge on any atom is 0.410 e. The summed E-state index contributed by atoms with van der Waals surface area (Å²) in [6.07, 6.45) is 1.02. The van der Waals surface area contributed by atoms with Crippen molar-refractivity contribution in [1.82, 2.24) is 4.90 Å². The van der Waals surface area contributed by atoms with Gasteiger partial charge in [0.05, 0.1) is 6.61 Å². The van der Waals surface area contributed by atoms with Crippen LogP contribution in [0.15, 0.2) is 18.2 Å². The lowest BCUT2D eigenvalue weighted by molar-refractivity contribution is -0.120. The SMILES string of the molecule is Cc1ccc(Cl)cc1NC(=O)[C@H]1CCCN1C(=O)OCC(C)C. The summed E-state index contributed by atoms with van der Waals surface area (Å²) in [5.41, 5.74) is 1.60. The second kappa shape index (κ2) is 7.68. The molecule has 23 heavy (non-hydrogen) atoms. The molecule has 0 saturated carbocycles. The number of rotatable bonds is 4. The van der Waals surface area contributed by atoms with Crippen molar-refractivity contribution in [2.24, 2.45) is 5.92 Å². The van der Waals surface area contributed by atoms with Crippen LogP contribution in [0.5, 0.6) is 0 Å². The third-order valence-corrected chi connectivity index (χ3v) is 4.02. The molecule has 5 nitrogen and oxygen atoms in total. The zero-order valence-corrected chi connectivity index (χ0v) is 14.5. The van der Waals surface area contributed by atoms with Crippen molar-refractivity contribution in [1.29, 1.82) is 0 Å². The quantitative estimate of drug-likeness (QED) is 0.907. The van der Waals surface area contributed by atoms with Crippen LogP contribution in [-0.4, -0.2) is 36.1 Å². The number of carbonyl (C=O) groups excluding carboxylic acids is 2. The molecule has 0 bridgehead atoms. The Kier molecular flexibility index (Phi) is 5.88. The molecular weight excluding hydrogens is 316 g/mol. The lowest BCUT2D eigenvalue weighted by atomic mass is 10.1. The maximum absolute atomic E-state index is 12.5. The number of carbonyl (C=O) groups is 2. The number of anilines is 1. The molecule has 0 spiro atoms. The zero-order valence-electron chi connectivity index (χ0n) is 13.8. The van der Waals surface area contributed by atoms with Gasteiger partial charge in [-0.1, -0.05) is 31.5 Å². The van der Waals surface area contributed by atoms with Crippen molar-refractivity contribution in [3.05, 3.63) is 28.8 Å². The molecule has 1 aromatic carbocycles. The summed E-state index contributed by atoms with van der Waals surface area (Å²) < 4.78 is 5.25. The predicted molar refractivity (Wildman–Crippen MR) is 90.7 cm³/mol. The topological polar surface area (TPSA) is 58.6 Å². The number of aryl methyl sites for hydroxylation is 1. The van der Waals surface area contributed by atoms with Crippen molar-refractivity contribution < 1.29 is 14.3 Å². The van der Waals surface area contributed by atoms with Crippen molar-refractivity contribution in [2.75, 3.05) is 18.5 Å². The lowest BCUT2D eigenvalue weighted by Crippen LogP contribution is -2.43. The Morgan fingerprint density at radius 2 is 2.17 bits per heavy atom. The molecule has 2 rings (SSSR count). The van der Waals surface area contributed by atoms with E-state index in [1.54, 1.807) is 12.1 Å². The fourth-order valence-corrected chi connectivity index (χ4v) is 2.70. The zero-order chi connectivity index (χ0) is 17.0. The van der Waals surface area contributed by atoms with Gasteiger partial charge in [0.2, 0.25) is 5.91 Å². The van der Waals surface area contributed by atoms with Gasteiger partial charge in [-0.25, -0.2) is 4.79 Å². The van der Waals surface area contributed by atoms with Gasteiger partial charge in [0, 0.05) is 17.3 Å². The molecule has 1 fully saturated rings. The van der Waals surface area contributed by atoms with E-state index in [-0.39, 0.29) is 11.8 Å². The van der Waals surface area contributed by atoms with Crippen LogP contribution >= 0.6 is 11.6 Å². The van der Waals surface area contributed by atoms with Gasteiger partial charge >= 0.3 is 6.09 Å². The van der Waals surface area contributed by atoms with Crippen molar-refractivity contribution in [3.8, 4) is 0 Å². The third-order valence-electron chi connectivity index (χ3n) is 3.79. The van der Waals surface area contributed by atoms with E-state index in [1.165, 1.54) is 4.90 Å². The molecule has 1 N–H and O–H groups in total. The van der Waals surface area contributed by atoms with E-state index >= 15 is 0 Å². The molecule has 1 heterocycles. The second-order valence-corrected chi connectivity index (χ2v) is 6.71. The number of amides is 2. The number of hydrogen-bond acceptors (Lipinski definition) is 3. The highest BCUT2D eigenvalue weighted by molar-refractivity contribution is 6.31. The number of hydrogen-bond donors (Lipinski definition) is 1. The highest BCUT2D eigenvalue weighted by Crippen LogP contribution is 2.24. The molecule has 1 aromatic rings. The smallest absolute Gasteiger partial charge is 0.410 e. The first-order chi connectivity index (χ1) is 10.9. The van der Waals surface area contributed by atoms with Gasteiger partial charge in [0.1, 0.15) is 6.04 Å². The van der Waals surface area contributed by atoms with Crippen LogP contribution in [0.3, 0.4) is 0 Å². The van der Waals surface area contributed by atoms with Crippen LogP contribution in [0.2, 0.25) is 5.02 Å². The highest BCUT2D eigenvalue weighted by Gasteiger charge is 2.35. The van der Waals surface area contributed by atoms with Gasteiger partial charge in [-0.3, -0.25) is 9.69 Å². The summed E-state index contributed by atoms with van der Waals surface area (Å²) in [7, 11) is 0. The molecule has 1 aliphatic heterocycles. The second-order valence-electron chi connectivity index (χ2n) is 6.27. The predicted octanol–water partition coefficient (Wildman–Crippen LogP) is 3.84. The Bertz CT molecular complexity index is 589. The average Bonchev–Trinajstić information content (AvgIpc) is 2.98. The van der Waals surface area contributed by atoms with Gasteiger partial charge in [0.25, 0.3) is 0 Å². The molecule has 126 valence electrons. The molecule has 1 atom stereocenters. The Morgan fingerprint density at radius 3 is 2.87 bits per heavy atom. The first-order valence-electron chi connectivity index (χ1n) is 7.89. The Morgan fingerprint density at radius 1 is 1.43 bits per heavy atom. The number of likely N-dealkylation sites (tertiary alicyclic amines) is 1. The van der Waals surface area contributed by atoms with Gasteiger partial charge in [0.15, 0.2) is 0 Å². The summed E-state index contributed by atoms with van der Waals surface area (Å²) >= 11 is 5.97. The third kappa shape index (κ3) is 4.61. The minimum atomic E-state index is -0.493. The lowest BCUT2D eigenvalue weighted by Gasteiger charge is -2.24. The fourth-order valence-electron chi connectivity index (χ4n) is 2.52. The van der Waals surface area contributed by atoms with E-state index in [9.17, 15) is 9.59 Å². The molecule has 2 amide bonds. The fraction of sp³-hybridized carbons (Fsp3) is 0.529. The summed E-state index contributed by atoms with van der Waals surface area (Å²) in [4.78, 5) is 26.2. The van der Waals surface area contributed by atoms with Crippen LogP contribution < -0.4 is 5.32 Å². The van der Waals surface area contributed by atoms with Crippen molar-refractivity contribution in [2.45, 2.75) is 39.7 Å². The van der Waals surface area contributed by atoms with E-state index in [0.29, 0.717) is 30.3 Å². The van der Waals surface area contributed by atoms with E-state index in [0.717, 1.165) is 12.0 Å². The molecule has 6 heteroatoms. The van der Waals surface area contributed by atoms with E-state index in [1.807, 2.05) is 26.8 Å². The largest absolute Gasteiger partial charge is 0.449 e. The summed E-state index contributed by atoms with van der Waals surface area (Å²) in [5.74, 6) is 0.0669. The van der Waals surface area contributed by atoms with Crippen LogP contribution in [-0.2, 0) is 9.53 Å². The average molecular weight is 339 g/mol. The first kappa shape index (κ1) is 17.6. The molecule has 0 unspecified atom stereocenters. The summed E-state index contributed by atoms with van der Waals surface area (Å²) in [6, 6.07) is 4.84. The highest BCUT2D eigenvalue weighted by atomic mass is 35.5. The van der Waals surface area contributed by atoms with Gasteiger partial charge in [-0.15, -0.1) is 0 Å². The molecule has 0 aliphatic carbocycles. The number of benzene rings is 1. The first-order valence-corrected chi connectivity index (χ1v) is 8.26. The maximum atomic E-state index is 12.5. The minimum Gasteiger partial charge on any atom is -0.449 e. The normalized spacial score (nSPS) is 17.4. The van der Waals surface area contributed by atoms with Crippen molar-refractivity contribution >= 4 is 29.3 Å². The van der Waals surface area contributed by atoms with Crippen LogP contribution in [0.25, 0.3) is 0 Å². The van der Waals surface area contributed by atoms with Crippen LogP contribution in [0, 0.1) is 12.8 Å². The minimum absolute atomic E-state index is 0.200. The Hall–Kier alpha value is -1.75. The van der Waals surface area contributed by atoms with E-state index in [2.05, 4.69) is 5.32 Å².